The quantitative estimate of drug-likeness (QED) is 0.745. The van der Waals surface area contributed by atoms with Crippen molar-refractivity contribution in [1.82, 2.24) is 0 Å². The van der Waals surface area contributed by atoms with Crippen molar-refractivity contribution in [3.05, 3.63) is 65.7 Å². The lowest BCUT2D eigenvalue weighted by Gasteiger charge is -2.04. The average molecular weight is 255 g/mol. The van der Waals surface area contributed by atoms with Crippen LogP contribution in [0.3, 0.4) is 0 Å². The molecule has 0 amide bonds. The Morgan fingerprint density at radius 3 is 2.68 bits per heavy atom. The topological polar surface area (TPSA) is 25.2 Å². The molecule has 96 valence electrons. The summed E-state index contributed by atoms with van der Waals surface area (Å²) in [6.07, 6.45) is 0. The molecule has 0 fully saturated rings. The summed E-state index contributed by atoms with van der Waals surface area (Å²) in [5, 5.41) is 4.13. The SMILES string of the molecule is Cc1c(CNc2ccccc2)oc2ccc(F)cc12. The largest absolute Gasteiger partial charge is 0.459 e. The van der Waals surface area contributed by atoms with E-state index in [9.17, 15) is 4.39 Å². The zero-order chi connectivity index (χ0) is 13.2. The van der Waals surface area contributed by atoms with Gasteiger partial charge < -0.3 is 9.73 Å². The second-order valence-electron chi connectivity index (χ2n) is 4.51. The van der Waals surface area contributed by atoms with E-state index in [0.717, 1.165) is 28.0 Å². The second kappa shape index (κ2) is 4.76. The molecule has 0 unspecified atom stereocenters. The van der Waals surface area contributed by atoms with Crippen LogP contribution in [-0.2, 0) is 6.54 Å². The summed E-state index contributed by atoms with van der Waals surface area (Å²) in [5.41, 5.74) is 2.75. The first kappa shape index (κ1) is 11.8. The second-order valence-corrected chi connectivity index (χ2v) is 4.51. The van der Waals surface area contributed by atoms with Gasteiger partial charge in [0, 0.05) is 16.6 Å². The predicted octanol–water partition coefficient (Wildman–Crippen LogP) is 4.49. The Morgan fingerprint density at radius 2 is 1.89 bits per heavy atom. The number of halogens is 1. The summed E-state index contributed by atoms with van der Waals surface area (Å²) >= 11 is 0. The monoisotopic (exact) mass is 255 g/mol. The highest BCUT2D eigenvalue weighted by atomic mass is 19.1. The zero-order valence-electron chi connectivity index (χ0n) is 10.6. The van der Waals surface area contributed by atoms with E-state index < -0.39 is 0 Å². The molecular weight excluding hydrogens is 241 g/mol. The van der Waals surface area contributed by atoms with Gasteiger partial charge in [0.1, 0.15) is 17.2 Å². The van der Waals surface area contributed by atoms with Gasteiger partial charge in [0.25, 0.3) is 0 Å². The Morgan fingerprint density at radius 1 is 1.11 bits per heavy atom. The van der Waals surface area contributed by atoms with Gasteiger partial charge in [-0.1, -0.05) is 18.2 Å². The lowest BCUT2D eigenvalue weighted by atomic mass is 10.1. The molecule has 0 aliphatic carbocycles. The smallest absolute Gasteiger partial charge is 0.134 e. The van der Waals surface area contributed by atoms with Crippen molar-refractivity contribution in [3.8, 4) is 0 Å². The molecule has 1 aromatic heterocycles. The van der Waals surface area contributed by atoms with Gasteiger partial charge in [-0.2, -0.15) is 0 Å². The zero-order valence-corrected chi connectivity index (χ0v) is 10.6. The maximum absolute atomic E-state index is 13.2. The fraction of sp³-hybridized carbons (Fsp3) is 0.125. The standard InChI is InChI=1S/C16H14FNO/c1-11-14-9-12(17)7-8-15(14)19-16(11)10-18-13-5-3-2-4-6-13/h2-9,18H,10H2,1H3. The highest BCUT2D eigenvalue weighted by Crippen LogP contribution is 2.26. The van der Waals surface area contributed by atoms with Crippen molar-refractivity contribution in [2.45, 2.75) is 13.5 Å². The average Bonchev–Trinajstić information content (AvgIpc) is 2.74. The summed E-state index contributed by atoms with van der Waals surface area (Å²) in [7, 11) is 0. The van der Waals surface area contributed by atoms with Crippen molar-refractivity contribution in [1.29, 1.82) is 0 Å². The molecule has 0 aliphatic heterocycles. The highest BCUT2D eigenvalue weighted by molar-refractivity contribution is 5.82. The number of furan rings is 1. The number of benzene rings is 2. The van der Waals surface area contributed by atoms with E-state index in [-0.39, 0.29) is 5.82 Å². The summed E-state index contributed by atoms with van der Waals surface area (Å²) < 4.78 is 19.0. The van der Waals surface area contributed by atoms with Crippen LogP contribution in [-0.4, -0.2) is 0 Å². The molecule has 0 bridgehead atoms. The Balaban J connectivity index is 1.87. The highest BCUT2D eigenvalue weighted by Gasteiger charge is 2.10. The van der Waals surface area contributed by atoms with Crippen LogP contribution in [0.2, 0.25) is 0 Å². The van der Waals surface area contributed by atoms with Crippen LogP contribution in [0.5, 0.6) is 0 Å². The number of para-hydroxylation sites is 1. The number of hydrogen-bond acceptors (Lipinski definition) is 2. The van der Waals surface area contributed by atoms with Gasteiger partial charge >= 0.3 is 0 Å². The van der Waals surface area contributed by atoms with Crippen LogP contribution in [0, 0.1) is 12.7 Å². The Bertz CT molecular complexity index is 703. The van der Waals surface area contributed by atoms with Crippen LogP contribution < -0.4 is 5.32 Å². The summed E-state index contributed by atoms with van der Waals surface area (Å²) in [6, 6.07) is 14.5. The molecule has 0 saturated heterocycles. The third-order valence-electron chi connectivity index (χ3n) is 3.22. The van der Waals surface area contributed by atoms with Crippen molar-refractivity contribution >= 4 is 16.7 Å². The van der Waals surface area contributed by atoms with E-state index in [2.05, 4.69) is 5.32 Å². The molecule has 19 heavy (non-hydrogen) atoms. The van der Waals surface area contributed by atoms with Gasteiger partial charge in [-0.3, -0.25) is 0 Å². The van der Waals surface area contributed by atoms with Crippen LogP contribution >= 0.6 is 0 Å². The predicted molar refractivity (Wildman–Crippen MR) is 74.7 cm³/mol. The van der Waals surface area contributed by atoms with Crippen molar-refractivity contribution < 1.29 is 8.81 Å². The molecular formula is C16H14FNO. The van der Waals surface area contributed by atoms with Gasteiger partial charge in [-0.05, 0) is 37.3 Å². The first-order chi connectivity index (χ1) is 9.24. The third-order valence-corrected chi connectivity index (χ3v) is 3.22. The number of anilines is 1. The molecule has 0 radical (unpaired) electrons. The number of hydrogen-bond donors (Lipinski definition) is 1. The fourth-order valence-electron chi connectivity index (χ4n) is 2.15. The van der Waals surface area contributed by atoms with Gasteiger partial charge in [-0.15, -0.1) is 0 Å². The molecule has 3 aromatic rings. The number of rotatable bonds is 3. The van der Waals surface area contributed by atoms with Gasteiger partial charge in [0.05, 0.1) is 6.54 Å². The van der Waals surface area contributed by atoms with E-state index in [1.54, 1.807) is 6.07 Å². The summed E-state index contributed by atoms with van der Waals surface area (Å²) in [5.74, 6) is 0.600. The summed E-state index contributed by atoms with van der Waals surface area (Å²) in [4.78, 5) is 0. The molecule has 0 aliphatic rings. The minimum Gasteiger partial charge on any atom is -0.459 e. The van der Waals surface area contributed by atoms with E-state index in [1.165, 1.54) is 12.1 Å². The Labute approximate surface area is 110 Å². The summed E-state index contributed by atoms with van der Waals surface area (Å²) in [6.45, 7) is 2.54. The van der Waals surface area contributed by atoms with Crippen LogP contribution in [0.15, 0.2) is 52.9 Å². The maximum Gasteiger partial charge on any atom is 0.134 e. The first-order valence-electron chi connectivity index (χ1n) is 6.20. The number of fused-ring (bicyclic) bond motifs is 1. The van der Waals surface area contributed by atoms with E-state index in [4.69, 9.17) is 4.42 Å². The fourth-order valence-corrected chi connectivity index (χ4v) is 2.15. The van der Waals surface area contributed by atoms with Gasteiger partial charge in [0.15, 0.2) is 0 Å². The van der Waals surface area contributed by atoms with Crippen LogP contribution in [0.25, 0.3) is 11.0 Å². The molecule has 3 rings (SSSR count). The van der Waals surface area contributed by atoms with Crippen LogP contribution in [0.1, 0.15) is 11.3 Å². The molecule has 2 aromatic carbocycles. The minimum absolute atomic E-state index is 0.237. The van der Waals surface area contributed by atoms with E-state index >= 15 is 0 Å². The lowest BCUT2D eigenvalue weighted by Crippen LogP contribution is -1.98. The molecule has 3 heteroatoms. The lowest BCUT2D eigenvalue weighted by molar-refractivity contribution is 0.554. The number of aryl methyl sites for hydroxylation is 1. The molecule has 0 spiro atoms. The Kier molecular flexibility index (Phi) is 2.95. The minimum atomic E-state index is -0.237. The maximum atomic E-state index is 13.2. The molecule has 2 nitrogen and oxygen atoms in total. The van der Waals surface area contributed by atoms with Crippen molar-refractivity contribution in [2.75, 3.05) is 5.32 Å². The first-order valence-corrected chi connectivity index (χ1v) is 6.20. The van der Waals surface area contributed by atoms with Crippen LogP contribution in [0.4, 0.5) is 10.1 Å². The number of nitrogens with one attached hydrogen (secondary N) is 1. The van der Waals surface area contributed by atoms with Gasteiger partial charge in [0.2, 0.25) is 0 Å². The van der Waals surface area contributed by atoms with Gasteiger partial charge in [-0.25, -0.2) is 4.39 Å². The van der Waals surface area contributed by atoms with E-state index in [0.29, 0.717) is 6.54 Å². The Hall–Kier alpha value is -2.29. The van der Waals surface area contributed by atoms with Crippen molar-refractivity contribution in [2.24, 2.45) is 0 Å². The molecule has 0 atom stereocenters. The van der Waals surface area contributed by atoms with Crippen molar-refractivity contribution in [3.63, 3.8) is 0 Å². The molecule has 0 saturated carbocycles. The normalized spacial score (nSPS) is 10.8. The third kappa shape index (κ3) is 2.32. The van der Waals surface area contributed by atoms with E-state index in [1.807, 2.05) is 37.3 Å². The molecule has 1 N–H and O–H groups in total. The molecule has 1 heterocycles.